The van der Waals surface area contributed by atoms with Gasteiger partial charge in [0.25, 0.3) is 0 Å². The molecule has 3 N–H and O–H groups in total. The van der Waals surface area contributed by atoms with Crippen molar-refractivity contribution in [3.63, 3.8) is 0 Å². The van der Waals surface area contributed by atoms with Gasteiger partial charge in [0, 0.05) is 33.1 Å². The van der Waals surface area contributed by atoms with Gasteiger partial charge >= 0.3 is 0 Å². The molecule has 0 radical (unpaired) electrons. The molecule has 0 saturated carbocycles. The van der Waals surface area contributed by atoms with Crippen molar-refractivity contribution in [2.45, 2.75) is 37.1 Å². The Labute approximate surface area is 143 Å². The highest BCUT2D eigenvalue weighted by Gasteiger charge is 2.21. The summed E-state index contributed by atoms with van der Waals surface area (Å²) in [5.41, 5.74) is 1.20. The van der Waals surface area contributed by atoms with Gasteiger partial charge in [-0.2, -0.15) is 0 Å². The van der Waals surface area contributed by atoms with Gasteiger partial charge in [0.15, 0.2) is 0 Å². The van der Waals surface area contributed by atoms with E-state index in [0.717, 1.165) is 23.7 Å². The zero-order valence-electron chi connectivity index (χ0n) is 14.4. The van der Waals surface area contributed by atoms with E-state index < -0.39 is 10.0 Å². The van der Waals surface area contributed by atoms with E-state index in [2.05, 4.69) is 16.0 Å². The predicted molar refractivity (Wildman–Crippen MR) is 95.7 cm³/mol. The molecule has 1 unspecified atom stereocenters. The Morgan fingerprint density at radius 2 is 2.08 bits per heavy atom. The summed E-state index contributed by atoms with van der Waals surface area (Å²) in [5.74, 6) is -0.118. The van der Waals surface area contributed by atoms with E-state index in [4.69, 9.17) is 0 Å². The Balaban J connectivity index is 2.22. The number of carbonyl (C=O) groups excluding carboxylic acids is 1. The molecule has 1 heterocycles. The monoisotopic (exact) mass is 354 g/mol. The molecule has 8 heteroatoms. The number of nitrogens with zero attached hydrogens (tertiary/aromatic N) is 1. The first-order valence-electron chi connectivity index (χ1n) is 8.18. The smallest absolute Gasteiger partial charge is 0.242 e. The molecular formula is C16H26N4O3S. The van der Waals surface area contributed by atoms with Crippen LogP contribution in [0.15, 0.2) is 23.1 Å². The van der Waals surface area contributed by atoms with Gasteiger partial charge in [0.1, 0.15) is 0 Å². The van der Waals surface area contributed by atoms with E-state index in [-0.39, 0.29) is 16.8 Å². The molecule has 2 rings (SSSR count). The molecule has 1 aromatic carbocycles. The lowest BCUT2D eigenvalue weighted by atomic mass is 10.1. The Bertz CT molecular complexity index is 683. The molecule has 1 aliphatic heterocycles. The molecule has 0 bridgehead atoms. The van der Waals surface area contributed by atoms with Crippen LogP contribution < -0.4 is 16.0 Å². The van der Waals surface area contributed by atoms with Gasteiger partial charge in [-0.15, -0.1) is 0 Å². The molecule has 1 atom stereocenters. The third-order valence-electron chi connectivity index (χ3n) is 4.01. The number of carbonyl (C=O) groups is 1. The van der Waals surface area contributed by atoms with Crippen molar-refractivity contribution in [1.29, 1.82) is 0 Å². The van der Waals surface area contributed by atoms with Gasteiger partial charge in [0.2, 0.25) is 15.9 Å². The van der Waals surface area contributed by atoms with Crippen molar-refractivity contribution in [3.8, 4) is 0 Å². The third-order valence-corrected chi connectivity index (χ3v) is 5.82. The molecule has 7 nitrogen and oxygen atoms in total. The van der Waals surface area contributed by atoms with E-state index in [1.807, 2.05) is 6.92 Å². The van der Waals surface area contributed by atoms with Gasteiger partial charge in [-0.05, 0) is 44.5 Å². The Morgan fingerprint density at radius 3 is 2.67 bits per heavy atom. The fourth-order valence-electron chi connectivity index (χ4n) is 2.70. The number of rotatable bonds is 7. The predicted octanol–water partition coefficient (Wildman–Crippen LogP) is 1.45. The van der Waals surface area contributed by atoms with Gasteiger partial charge in [-0.3, -0.25) is 4.79 Å². The minimum atomic E-state index is -3.55. The van der Waals surface area contributed by atoms with Crippen molar-refractivity contribution in [1.82, 2.24) is 9.62 Å². The number of nitrogens with one attached hydrogen (secondary N) is 3. The molecule has 24 heavy (non-hydrogen) atoms. The van der Waals surface area contributed by atoms with E-state index in [1.165, 1.54) is 20.2 Å². The zero-order valence-corrected chi connectivity index (χ0v) is 15.2. The second-order valence-corrected chi connectivity index (χ2v) is 8.22. The highest BCUT2D eigenvalue weighted by molar-refractivity contribution is 7.89. The largest absolute Gasteiger partial charge is 0.384 e. The fourth-order valence-corrected chi connectivity index (χ4v) is 3.63. The number of sulfonamides is 1. The van der Waals surface area contributed by atoms with Gasteiger partial charge in [-0.1, -0.05) is 0 Å². The number of hydrogen-bond donors (Lipinski definition) is 3. The van der Waals surface area contributed by atoms with Crippen LogP contribution in [0.4, 0.5) is 11.4 Å². The molecule has 134 valence electrons. The van der Waals surface area contributed by atoms with Crippen molar-refractivity contribution >= 4 is 27.3 Å². The van der Waals surface area contributed by atoms with E-state index in [0.29, 0.717) is 24.3 Å². The Hall–Kier alpha value is -1.64. The molecule has 1 saturated heterocycles. The molecule has 0 aromatic heterocycles. The van der Waals surface area contributed by atoms with Crippen molar-refractivity contribution < 1.29 is 13.2 Å². The second-order valence-electron chi connectivity index (χ2n) is 6.07. The van der Waals surface area contributed by atoms with Crippen molar-refractivity contribution in [2.24, 2.45) is 0 Å². The number of anilines is 2. The van der Waals surface area contributed by atoms with E-state index >= 15 is 0 Å². The maximum atomic E-state index is 12.3. The third kappa shape index (κ3) is 4.46. The average Bonchev–Trinajstić information content (AvgIpc) is 3.01. The van der Waals surface area contributed by atoms with Crippen LogP contribution in [0.25, 0.3) is 0 Å². The van der Waals surface area contributed by atoms with Crippen LogP contribution in [0.2, 0.25) is 0 Å². The normalized spacial score (nSPS) is 17.9. The van der Waals surface area contributed by atoms with Crippen LogP contribution in [-0.4, -0.2) is 51.9 Å². The van der Waals surface area contributed by atoms with Crippen LogP contribution in [0.5, 0.6) is 0 Å². The van der Waals surface area contributed by atoms with Crippen LogP contribution in [0.3, 0.4) is 0 Å². The minimum Gasteiger partial charge on any atom is -0.384 e. The number of hydrogen-bond acceptors (Lipinski definition) is 5. The molecule has 0 spiro atoms. The van der Waals surface area contributed by atoms with E-state index in [9.17, 15) is 13.2 Å². The van der Waals surface area contributed by atoms with Gasteiger partial charge < -0.3 is 16.0 Å². The quantitative estimate of drug-likeness (QED) is 0.689. The molecule has 1 fully saturated rings. The fraction of sp³-hybridized carbons (Fsp3) is 0.562. The molecule has 1 aliphatic rings. The standard InChI is InChI=1S/C16H26N4O3S/c1-4-17-14-8-7-13(24(22,23)20(2)3)11-15(14)19-16(21)10-12-6-5-9-18-12/h7-8,11-12,17-18H,4-6,9-10H2,1-3H3,(H,19,21). The van der Waals surface area contributed by atoms with Crippen LogP contribution in [0.1, 0.15) is 26.2 Å². The number of benzene rings is 1. The molecule has 1 amide bonds. The maximum absolute atomic E-state index is 12.3. The van der Waals surface area contributed by atoms with Crippen molar-refractivity contribution in [2.75, 3.05) is 37.8 Å². The number of amides is 1. The first-order chi connectivity index (χ1) is 11.3. The van der Waals surface area contributed by atoms with Crippen LogP contribution in [-0.2, 0) is 14.8 Å². The van der Waals surface area contributed by atoms with Crippen LogP contribution in [0, 0.1) is 0 Å². The summed E-state index contributed by atoms with van der Waals surface area (Å²) in [6.07, 6.45) is 2.45. The highest BCUT2D eigenvalue weighted by Crippen LogP contribution is 2.27. The topological polar surface area (TPSA) is 90.5 Å². The van der Waals surface area contributed by atoms with Crippen molar-refractivity contribution in [3.05, 3.63) is 18.2 Å². The lowest BCUT2D eigenvalue weighted by molar-refractivity contribution is -0.116. The molecular weight excluding hydrogens is 328 g/mol. The minimum absolute atomic E-state index is 0.118. The summed E-state index contributed by atoms with van der Waals surface area (Å²) in [7, 11) is -0.580. The Kier molecular flexibility index (Phi) is 6.20. The SMILES string of the molecule is CCNc1ccc(S(=O)(=O)N(C)C)cc1NC(=O)CC1CCCN1. The lowest BCUT2D eigenvalue weighted by Gasteiger charge is -2.17. The summed E-state index contributed by atoms with van der Waals surface area (Å²) >= 11 is 0. The lowest BCUT2D eigenvalue weighted by Crippen LogP contribution is -2.28. The molecule has 0 aliphatic carbocycles. The van der Waals surface area contributed by atoms with Gasteiger partial charge in [-0.25, -0.2) is 12.7 Å². The first kappa shape index (κ1) is 18.7. The summed E-state index contributed by atoms with van der Waals surface area (Å²) < 4.78 is 25.8. The van der Waals surface area contributed by atoms with Crippen LogP contribution >= 0.6 is 0 Å². The summed E-state index contributed by atoms with van der Waals surface area (Å²) in [4.78, 5) is 12.4. The van der Waals surface area contributed by atoms with Gasteiger partial charge in [0.05, 0.1) is 16.3 Å². The second kappa shape index (κ2) is 7.96. The summed E-state index contributed by atoms with van der Waals surface area (Å²) in [6, 6.07) is 4.93. The average molecular weight is 354 g/mol. The first-order valence-corrected chi connectivity index (χ1v) is 9.62. The molecule has 1 aromatic rings. The van der Waals surface area contributed by atoms with E-state index in [1.54, 1.807) is 12.1 Å². The summed E-state index contributed by atoms with van der Waals surface area (Å²) in [5, 5.41) is 9.28. The highest BCUT2D eigenvalue weighted by atomic mass is 32.2. The summed E-state index contributed by atoms with van der Waals surface area (Å²) in [6.45, 7) is 3.56. The Morgan fingerprint density at radius 1 is 1.33 bits per heavy atom. The maximum Gasteiger partial charge on any atom is 0.242 e. The zero-order chi connectivity index (χ0) is 17.7.